The average Bonchev–Trinajstić information content (AvgIpc) is 3.31. The van der Waals surface area contributed by atoms with Crippen molar-refractivity contribution in [3.63, 3.8) is 0 Å². The van der Waals surface area contributed by atoms with Crippen molar-refractivity contribution in [2.45, 2.75) is 44.5 Å². The van der Waals surface area contributed by atoms with Gasteiger partial charge in [0.2, 0.25) is 5.91 Å². The fourth-order valence-corrected chi connectivity index (χ4v) is 5.37. The fourth-order valence-electron chi connectivity index (χ4n) is 4.81. The van der Waals surface area contributed by atoms with Gasteiger partial charge in [-0.2, -0.15) is 11.8 Å². The molecule has 7 nitrogen and oxygen atoms in total. The third kappa shape index (κ3) is 4.57. The molecule has 4 rings (SSSR count). The van der Waals surface area contributed by atoms with Crippen molar-refractivity contribution < 1.29 is 23.9 Å². The summed E-state index contributed by atoms with van der Waals surface area (Å²) < 4.78 is 11.3. The number of nitrogens with one attached hydrogen (secondary N) is 1. The van der Waals surface area contributed by atoms with E-state index < -0.39 is 23.9 Å². The molecule has 1 N–H and O–H groups in total. The first-order valence-corrected chi connectivity index (χ1v) is 12.7. The Balaban J connectivity index is 1.46. The van der Waals surface area contributed by atoms with Crippen LogP contribution in [0.4, 0.5) is 4.79 Å². The van der Waals surface area contributed by atoms with E-state index in [1.165, 1.54) is 23.6 Å². The fraction of sp³-hybridized carbons (Fsp3) is 0.423. The maximum atomic E-state index is 13.4. The van der Waals surface area contributed by atoms with Gasteiger partial charge in [0, 0.05) is 11.7 Å². The van der Waals surface area contributed by atoms with Crippen molar-refractivity contribution in [1.29, 1.82) is 0 Å². The summed E-state index contributed by atoms with van der Waals surface area (Å²) in [7, 11) is 0. The van der Waals surface area contributed by atoms with Crippen LogP contribution in [0.25, 0.3) is 11.1 Å². The Labute approximate surface area is 204 Å². The van der Waals surface area contributed by atoms with Crippen LogP contribution in [-0.2, 0) is 19.1 Å². The Morgan fingerprint density at radius 3 is 2.26 bits per heavy atom. The number of ketones is 1. The molecule has 0 bridgehead atoms. The van der Waals surface area contributed by atoms with Crippen LogP contribution in [0.5, 0.6) is 0 Å². The van der Waals surface area contributed by atoms with Gasteiger partial charge in [-0.15, -0.1) is 0 Å². The molecular weight excluding hydrogens is 452 g/mol. The van der Waals surface area contributed by atoms with E-state index in [4.69, 9.17) is 9.47 Å². The average molecular weight is 483 g/mol. The van der Waals surface area contributed by atoms with Gasteiger partial charge in [0.1, 0.15) is 24.4 Å². The van der Waals surface area contributed by atoms with Gasteiger partial charge < -0.3 is 19.7 Å². The summed E-state index contributed by atoms with van der Waals surface area (Å²) in [6.45, 7) is 5.24. The van der Waals surface area contributed by atoms with Gasteiger partial charge in [-0.25, -0.2) is 4.79 Å². The summed E-state index contributed by atoms with van der Waals surface area (Å²) in [5.74, 6) is -0.227. The molecule has 0 saturated carbocycles. The molecular formula is C26H30N2O5S. The predicted molar refractivity (Wildman–Crippen MR) is 132 cm³/mol. The van der Waals surface area contributed by atoms with Gasteiger partial charge >= 0.3 is 6.09 Å². The molecule has 0 aromatic heterocycles. The molecule has 2 aromatic rings. The molecule has 1 aliphatic heterocycles. The molecule has 1 fully saturated rings. The van der Waals surface area contributed by atoms with Crippen molar-refractivity contribution in [2.75, 3.05) is 25.2 Å². The topological polar surface area (TPSA) is 84.9 Å². The number of amides is 2. The van der Waals surface area contributed by atoms with Crippen molar-refractivity contribution in [2.24, 2.45) is 0 Å². The van der Waals surface area contributed by atoms with Crippen molar-refractivity contribution in [3.8, 4) is 11.1 Å². The second-order valence-corrected chi connectivity index (χ2v) is 9.98. The van der Waals surface area contributed by atoms with E-state index in [0.717, 1.165) is 22.3 Å². The van der Waals surface area contributed by atoms with E-state index in [1.807, 2.05) is 30.5 Å². The van der Waals surface area contributed by atoms with Crippen LogP contribution in [0.3, 0.4) is 0 Å². The molecule has 180 valence electrons. The molecule has 2 aromatic carbocycles. The van der Waals surface area contributed by atoms with Gasteiger partial charge in [0.15, 0.2) is 5.78 Å². The number of alkyl carbamates (subject to hydrolysis) is 1. The molecule has 34 heavy (non-hydrogen) atoms. The lowest BCUT2D eigenvalue weighted by Crippen LogP contribution is -2.58. The number of thioether (sulfide) groups is 1. The molecule has 1 unspecified atom stereocenters. The van der Waals surface area contributed by atoms with Crippen LogP contribution in [0.15, 0.2) is 48.5 Å². The van der Waals surface area contributed by atoms with Crippen LogP contribution >= 0.6 is 11.8 Å². The van der Waals surface area contributed by atoms with Crippen molar-refractivity contribution in [1.82, 2.24) is 10.2 Å². The lowest BCUT2D eigenvalue weighted by Gasteiger charge is -2.35. The zero-order valence-electron chi connectivity index (χ0n) is 19.9. The highest BCUT2D eigenvalue weighted by Crippen LogP contribution is 2.44. The minimum absolute atomic E-state index is 0.0686. The number of hydrogen-bond donors (Lipinski definition) is 1. The van der Waals surface area contributed by atoms with Crippen LogP contribution in [0, 0.1) is 0 Å². The Morgan fingerprint density at radius 2 is 1.71 bits per heavy atom. The normalized spacial score (nSPS) is 19.3. The summed E-state index contributed by atoms with van der Waals surface area (Å²) in [6.07, 6.45) is 1.19. The van der Waals surface area contributed by atoms with Gasteiger partial charge in [0.25, 0.3) is 0 Å². The lowest BCUT2D eigenvalue weighted by molar-refractivity contribution is -0.150. The minimum Gasteiger partial charge on any atom is -0.449 e. The van der Waals surface area contributed by atoms with Gasteiger partial charge in [-0.1, -0.05) is 48.5 Å². The van der Waals surface area contributed by atoms with Crippen LogP contribution in [0.2, 0.25) is 0 Å². The Kier molecular flexibility index (Phi) is 7.00. The highest BCUT2D eigenvalue weighted by Gasteiger charge is 2.47. The number of ether oxygens (including phenoxy) is 2. The summed E-state index contributed by atoms with van der Waals surface area (Å²) in [6, 6.07) is 14.7. The Bertz CT molecular complexity index is 1060. The van der Waals surface area contributed by atoms with Crippen LogP contribution < -0.4 is 5.32 Å². The van der Waals surface area contributed by atoms with E-state index in [1.54, 1.807) is 13.8 Å². The smallest absolute Gasteiger partial charge is 0.407 e. The molecule has 2 amide bonds. The first-order valence-electron chi connectivity index (χ1n) is 11.3. The lowest BCUT2D eigenvalue weighted by atomic mass is 9.98. The van der Waals surface area contributed by atoms with E-state index in [-0.39, 0.29) is 30.8 Å². The zero-order chi connectivity index (χ0) is 24.5. The summed E-state index contributed by atoms with van der Waals surface area (Å²) >= 11 is 1.43. The summed E-state index contributed by atoms with van der Waals surface area (Å²) in [5, 5.41) is 2.72. The number of fused-ring (bicyclic) bond motifs is 3. The highest BCUT2D eigenvalue weighted by molar-refractivity contribution is 7.98. The number of rotatable bonds is 7. The second-order valence-electron chi connectivity index (χ2n) is 9.07. The standard InChI is InChI=1S/C26H30N2O5S/c1-16(29)23-14-33-26(2,3)28(23)24(30)22(15-34-4)27-25(31)32-13-21-19-11-7-5-9-17(19)18-10-6-8-12-20(18)21/h5-12,21-23H,13-15H2,1-4H3,(H,27,31)/t22-,23?/m0/s1. The maximum absolute atomic E-state index is 13.4. The predicted octanol–water partition coefficient (Wildman–Crippen LogP) is 3.81. The third-order valence-corrected chi connectivity index (χ3v) is 7.13. The molecule has 1 aliphatic carbocycles. The molecule has 2 aliphatic rings. The summed E-state index contributed by atoms with van der Waals surface area (Å²) in [4.78, 5) is 39.7. The molecule has 1 saturated heterocycles. The number of nitrogens with zero attached hydrogens (tertiary/aromatic N) is 1. The maximum Gasteiger partial charge on any atom is 0.407 e. The number of Topliss-reactive ketones (excluding diaryl/α,β-unsaturated/α-hetero) is 1. The van der Waals surface area contributed by atoms with Gasteiger partial charge in [-0.05, 0) is 49.3 Å². The largest absolute Gasteiger partial charge is 0.449 e. The first kappa shape index (κ1) is 24.3. The number of hydrogen-bond acceptors (Lipinski definition) is 6. The van der Waals surface area contributed by atoms with Gasteiger partial charge in [0.05, 0.1) is 6.61 Å². The third-order valence-electron chi connectivity index (χ3n) is 6.46. The van der Waals surface area contributed by atoms with E-state index >= 15 is 0 Å². The number of carbonyl (C=O) groups is 3. The molecule has 1 heterocycles. The SMILES string of the molecule is CSC[C@H](NC(=O)OCC1c2ccccc2-c2ccccc21)C(=O)N1C(C(C)=O)COC1(C)C. The second kappa shape index (κ2) is 9.80. The monoisotopic (exact) mass is 482 g/mol. The summed E-state index contributed by atoms with van der Waals surface area (Å²) in [5.41, 5.74) is 3.60. The van der Waals surface area contributed by atoms with Crippen molar-refractivity contribution in [3.05, 3.63) is 59.7 Å². The Hall–Kier alpha value is -2.84. The van der Waals surface area contributed by atoms with Crippen molar-refractivity contribution >= 4 is 29.5 Å². The van der Waals surface area contributed by atoms with Crippen LogP contribution in [-0.4, -0.2) is 65.7 Å². The molecule has 8 heteroatoms. The first-order chi connectivity index (χ1) is 16.2. The minimum atomic E-state index is -0.938. The quantitative estimate of drug-likeness (QED) is 0.646. The molecule has 0 spiro atoms. The zero-order valence-corrected chi connectivity index (χ0v) is 20.7. The van der Waals surface area contributed by atoms with E-state index in [0.29, 0.717) is 5.75 Å². The number of benzene rings is 2. The van der Waals surface area contributed by atoms with Gasteiger partial charge in [-0.3, -0.25) is 9.59 Å². The molecule has 2 atom stereocenters. The number of carbonyl (C=O) groups excluding carboxylic acids is 3. The van der Waals surface area contributed by atoms with E-state index in [9.17, 15) is 14.4 Å². The Morgan fingerprint density at radius 1 is 1.12 bits per heavy atom. The highest BCUT2D eigenvalue weighted by atomic mass is 32.2. The van der Waals surface area contributed by atoms with Crippen LogP contribution in [0.1, 0.15) is 37.8 Å². The molecule has 0 radical (unpaired) electrons. The van der Waals surface area contributed by atoms with E-state index in [2.05, 4.69) is 29.6 Å².